The van der Waals surface area contributed by atoms with Gasteiger partial charge in [-0.1, -0.05) is 6.07 Å². The van der Waals surface area contributed by atoms with Gasteiger partial charge in [-0.2, -0.15) is 0 Å². The molecule has 0 bridgehead atoms. The molecule has 0 radical (unpaired) electrons. The molecule has 0 spiro atoms. The van der Waals surface area contributed by atoms with Gasteiger partial charge in [0.2, 0.25) is 0 Å². The second kappa shape index (κ2) is 7.18. The van der Waals surface area contributed by atoms with Gasteiger partial charge >= 0.3 is 6.09 Å². The molecule has 2 aliphatic rings. The lowest BCUT2D eigenvalue weighted by Gasteiger charge is -2.52. The Bertz CT molecular complexity index is 879. The molecule has 0 unspecified atom stereocenters. The third-order valence-corrected chi connectivity index (χ3v) is 8.21. The summed E-state index contributed by atoms with van der Waals surface area (Å²) in [7, 11) is -4.18. The molecular formula is C20H26F3NO4S. The van der Waals surface area contributed by atoms with Gasteiger partial charge in [0, 0.05) is 25.9 Å². The van der Waals surface area contributed by atoms with Crippen molar-refractivity contribution < 1.29 is 31.1 Å². The Labute approximate surface area is 169 Å². The second-order valence-electron chi connectivity index (χ2n) is 8.98. The van der Waals surface area contributed by atoms with E-state index < -0.39 is 56.8 Å². The number of hydrogen-bond acceptors (Lipinski definition) is 4. The standard InChI is InChI=1S/C20H26F3NO4S/c1-18(2,3)28-17(25)24-9-7-14(8-10-24)19(12-20(22,23)13-19)29(26,27)16-6-4-5-15(21)11-16/h4-6,11,14H,7-10,12-13H2,1-3H3. The summed E-state index contributed by atoms with van der Waals surface area (Å²) in [6.45, 7) is 5.69. The number of halogens is 3. The van der Waals surface area contributed by atoms with Gasteiger partial charge in [0.25, 0.3) is 5.92 Å². The summed E-state index contributed by atoms with van der Waals surface area (Å²) in [5.74, 6) is -4.34. The molecule has 162 valence electrons. The van der Waals surface area contributed by atoms with Gasteiger partial charge in [-0.25, -0.2) is 26.4 Å². The first-order valence-electron chi connectivity index (χ1n) is 9.62. The number of rotatable bonds is 3. The molecule has 2 fully saturated rings. The number of sulfone groups is 1. The topological polar surface area (TPSA) is 63.7 Å². The van der Waals surface area contributed by atoms with E-state index in [-0.39, 0.29) is 30.8 Å². The molecule has 1 aliphatic carbocycles. The van der Waals surface area contributed by atoms with Crippen molar-refractivity contribution >= 4 is 15.9 Å². The SMILES string of the molecule is CC(C)(C)OC(=O)N1CCC(C2(S(=O)(=O)c3cccc(F)c3)CC(F)(F)C2)CC1. The van der Waals surface area contributed by atoms with Crippen LogP contribution >= 0.6 is 0 Å². The lowest BCUT2D eigenvalue weighted by Crippen LogP contribution is -2.62. The minimum Gasteiger partial charge on any atom is -0.444 e. The van der Waals surface area contributed by atoms with E-state index in [2.05, 4.69) is 0 Å². The summed E-state index contributed by atoms with van der Waals surface area (Å²) in [6.07, 6.45) is -1.53. The number of nitrogens with zero attached hydrogens (tertiary/aromatic N) is 1. The highest BCUT2D eigenvalue weighted by Crippen LogP contribution is 2.58. The van der Waals surface area contributed by atoms with Crippen molar-refractivity contribution in [2.24, 2.45) is 5.92 Å². The minimum atomic E-state index is -4.18. The van der Waals surface area contributed by atoms with Crippen molar-refractivity contribution in [1.29, 1.82) is 0 Å². The number of piperidine rings is 1. The molecule has 0 N–H and O–H groups in total. The molecule has 0 atom stereocenters. The fourth-order valence-electron chi connectivity index (χ4n) is 4.31. The average Bonchev–Trinajstić information content (AvgIpc) is 2.58. The number of ether oxygens (including phenoxy) is 1. The van der Waals surface area contributed by atoms with Gasteiger partial charge < -0.3 is 9.64 Å². The number of hydrogen-bond donors (Lipinski definition) is 0. The smallest absolute Gasteiger partial charge is 0.410 e. The highest BCUT2D eigenvalue weighted by Gasteiger charge is 2.67. The molecule has 1 saturated heterocycles. The lowest BCUT2D eigenvalue weighted by molar-refractivity contribution is -0.117. The van der Waals surface area contributed by atoms with E-state index in [4.69, 9.17) is 4.74 Å². The third kappa shape index (κ3) is 4.25. The van der Waals surface area contributed by atoms with Crippen LogP contribution in [0.3, 0.4) is 0 Å². The Kier molecular flexibility index (Phi) is 5.43. The summed E-state index contributed by atoms with van der Waals surface area (Å²) in [4.78, 5) is 13.4. The first kappa shape index (κ1) is 21.9. The zero-order valence-electron chi connectivity index (χ0n) is 16.8. The molecule has 1 saturated carbocycles. The van der Waals surface area contributed by atoms with E-state index in [9.17, 15) is 26.4 Å². The summed E-state index contributed by atoms with van der Waals surface area (Å²) in [5.41, 5.74) is -0.661. The Morgan fingerprint density at radius 3 is 2.24 bits per heavy atom. The highest BCUT2D eigenvalue weighted by atomic mass is 32.2. The summed E-state index contributed by atoms with van der Waals surface area (Å²) >= 11 is 0. The van der Waals surface area contributed by atoms with Gasteiger partial charge in [0.1, 0.15) is 11.4 Å². The molecule has 1 aliphatic heterocycles. The normalized spacial score (nSPS) is 22.1. The number of carbonyl (C=O) groups excluding carboxylic acids is 1. The van der Waals surface area contributed by atoms with E-state index in [0.717, 1.165) is 12.1 Å². The minimum absolute atomic E-state index is 0.228. The Balaban J connectivity index is 1.82. The molecule has 3 rings (SSSR count). The quantitative estimate of drug-likeness (QED) is 0.708. The maximum absolute atomic E-state index is 13.9. The molecule has 29 heavy (non-hydrogen) atoms. The maximum Gasteiger partial charge on any atom is 0.410 e. The predicted molar refractivity (Wildman–Crippen MR) is 101 cm³/mol. The molecule has 9 heteroatoms. The highest BCUT2D eigenvalue weighted by molar-refractivity contribution is 7.93. The number of alkyl halides is 2. The van der Waals surface area contributed by atoms with Gasteiger partial charge in [-0.15, -0.1) is 0 Å². The van der Waals surface area contributed by atoms with Crippen molar-refractivity contribution in [1.82, 2.24) is 4.90 Å². The Morgan fingerprint density at radius 1 is 1.17 bits per heavy atom. The molecule has 1 aromatic carbocycles. The molecule has 5 nitrogen and oxygen atoms in total. The molecular weight excluding hydrogens is 407 g/mol. The van der Waals surface area contributed by atoms with Crippen LogP contribution in [0, 0.1) is 11.7 Å². The van der Waals surface area contributed by atoms with Crippen LogP contribution in [0.15, 0.2) is 29.2 Å². The van der Waals surface area contributed by atoms with Crippen LogP contribution in [0.25, 0.3) is 0 Å². The Morgan fingerprint density at radius 2 is 1.76 bits per heavy atom. The van der Waals surface area contributed by atoms with Gasteiger partial charge in [-0.05, 0) is 57.7 Å². The zero-order valence-corrected chi connectivity index (χ0v) is 17.6. The molecule has 1 amide bonds. The van der Waals surface area contributed by atoms with E-state index in [0.29, 0.717) is 0 Å². The summed E-state index contributed by atoms with van der Waals surface area (Å²) in [6, 6.07) is 4.49. The maximum atomic E-state index is 13.9. The van der Waals surface area contributed by atoms with E-state index >= 15 is 0 Å². The van der Waals surface area contributed by atoms with Crippen LogP contribution in [0.4, 0.5) is 18.0 Å². The molecule has 1 aromatic rings. The van der Waals surface area contributed by atoms with Gasteiger partial charge in [0.15, 0.2) is 9.84 Å². The summed E-state index contributed by atoms with van der Waals surface area (Å²) in [5, 5.41) is 0. The first-order chi connectivity index (χ1) is 13.3. The van der Waals surface area contributed by atoms with Gasteiger partial charge in [-0.3, -0.25) is 0 Å². The Hall–Kier alpha value is -1.77. The third-order valence-electron chi connectivity index (χ3n) is 5.65. The number of benzene rings is 1. The fourth-order valence-corrected chi connectivity index (χ4v) is 6.78. The van der Waals surface area contributed by atoms with Crippen molar-refractivity contribution in [3.05, 3.63) is 30.1 Å². The molecule has 0 aromatic heterocycles. The lowest BCUT2D eigenvalue weighted by atomic mass is 9.68. The van der Waals surface area contributed by atoms with Crippen LogP contribution < -0.4 is 0 Å². The number of likely N-dealkylation sites (tertiary alicyclic amines) is 1. The van der Waals surface area contributed by atoms with Crippen LogP contribution in [-0.4, -0.2) is 48.8 Å². The largest absolute Gasteiger partial charge is 0.444 e. The van der Waals surface area contributed by atoms with Crippen LogP contribution in [0.2, 0.25) is 0 Å². The van der Waals surface area contributed by atoms with Crippen molar-refractivity contribution in [3.63, 3.8) is 0 Å². The first-order valence-corrected chi connectivity index (χ1v) is 11.1. The predicted octanol–water partition coefficient (Wildman–Crippen LogP) is 4.41. The van der Waals surface area contributed by atoms with E-state index in [1.54, 1.807) is 20.8 Å². The number of amides is 1. The van der Waals surface area contributed by atoms with Gasteiger partial charge in [0.05, 0.1) is 9.64 Å². The summed E-state index contributed by atoms with van der Waals surface area (Å²) < 4.78 is 71.6. The van der Waals surface area contributed by atoms with Crippen LogP contribution in [0.5, 0.6) is 0 Å². The fraction of sp³-hybridized carbons (Fsp3) is 0.650. The monoisotopic (exact) mass is 433 g/mol. The second-order valence-corrected chi connectivity index (χ2v) is 11.3. The average molecular weight is 433 g/mol. The van der Waals surface area contributed by atoms with Crippen LogP contribution in [0.1, 0.15) is 46.5 Å². The van der Waals surface area contributed by atoms with Crippen LogP contribution in [-0.2, 0) is 14.6 Å². The van der Waals surface area contributed by atoms with E-state index in [1.807, 2.05) is 0 Å². The zero-order chi connectivity index (χ0) is 21.7. The van der Waals surface area contributed by atoms with Crippen molar-refractivity contribution in [3.8, 4) is 0 Å². The molecule has 1 heterocycles. The van der Waals surface area contributed by atoms with Crippen molar-refractivity contribution in [2.75, 3.05) is 13.1 Å². The van der Waals surface area contributed by atoms with E-state index in [1.165, 1.54) is 17.0 Å². The van der Waals surface area contributed by atoms with Crippen molar-refractivity contribution in [2.45, 2.75) is 67.6 Å². The number of carbonyl (C=O) groups is 1.